The molecule has 2 aromatic rings. The molecule has 0 aliphatic carbocycles. The minimum Gasteiger partial charge on any atom is -0.350 e. The van der Waals surface area contributed by atoms with Crippen LogP contribution in [0.3, 0.4) is 0 Å². The van der Waals surface area contributed by atoms with Gasteiger partial charge >= 0.3 is 0 Å². The van der Waals surface area contributed by atoms with E-state index in [0.29, 0.717) is 6.42 Å². The SMILES string of the molecule is CN(C)CC(C)(C)NC(=O)C[C@@]1(Cc2ccccc2)C(=O)N(C)c2ccccc21. The summed E-state index contributed by atoms with van der Waals surface area (Å²) in [5, 5.41) is 3.14. The van der Waals surface area contributed by atoms with Gasteiger partial charge in [0.25, 0.3) is 0 Å². The van der Waals surface area contributed by atoms with E-state index in [9.17, 15) is 9.59 Å². The Morgan fingerprint density at radius 1 is 1.07 bits per heavy atom. The van der Waals surface area contributed by atoms with E-state index in [2.05, 4.69) is 5.32 Å². The van der Waals surface area contributed by atoms with Crippen LogP contribution in [-0.4, -0.2) is 49.9 Å². The van der Waals surface area contributed by atoms with Crippen LogP contribution in [0.1, 0.15) is 31.4 Å². The quantitative estimate of drug-likeness (QED) is 0.787. The fourth-order valence-electron chi connectivity index (χ4n) is 4.59. The molecule has 0 saturated carbocycles. The van der Waals surface area contributed by atoms with Gasteiger partial charge < -0.3 is 15.1 Å². The van der Waals surface area contributed by atoms with Gasteiger partial charge in [0.1, 0.15) is 0 Å². The lowest BCUT2D eigenvalue weighted by atomic mass is 9.73. The van der Waals surface area contributed by atoms with Gasteiger partial charge in [0.15, 0.2) is 0 Å². The molecule has 0 aromatic heterocycles. The second kappa shape index (κ2) is 7.99. The molecule has 2 aromatic carbocycles. The Balaban J connectivity index is 1.97. The van der Waals surface area contributed by atoms with Crippen molar-refractivity contribution in [2.45, 2.75) is 37.6 Å². The summed E-state index contributed by atoms with van der Waals surface area (Å²) < 4.78 is 0. The zero-order chi connectivity index (χ0) is 21.2. The van der Waals surface area contributed by atoms with E-state index in [1.165, 1.54) is 0 Å². The molecule has 0 radical (unpaired) electrons. The maximum absolute atomic E-state index is 13.5. The Morgan fingerprint density at radius 3 is 2.34 bits per heavy atom. The molecule has 0 saturated heterocycles. The molecule has 1 heterocycles. The molecule has 154 valence electrons. The van der Waals surface area contributed by atoms with Crippen LogP contribution >= 0.6 is 0 Å². The van der Waals surface area contributed by atoms with Crippen LogP contribution < -0.4 is 10.2 Å². The fraction of sp³-hybridized carbons (Fsp3) is 0.417. The highest BCUT2D eigenvalue weighted by molar-refractivity contribution is 6.10. The fourth-order valence-corrected chi connectivity index (χ4v) is 4.59. The molecule has 5 heteroatoms. The maximum Gasteiger partial charge on any atom is 0.238 e. The Labute approximate surface area is 173 Å². The smallest absolute Gasteiger partial charge is 0.238 e. The van der Waals surface area contributed by atoms with E-state index >= 15 is 0 Å². The number of nitrogens with one attached hydrogen (secondary N) is 1. The van der Waals surface area contributed by atoms with Gasteiger partial charge in [-0.2, -0.15) is 0 Å². The Bertz CT molecular complexity index is 892. The zero-order valence-corrected chi connectivity index (χ0v) is 18.0. The van der Waals surface area contributed by atoms with Crippen molar-refractivity contribution in [1.82, 2.24) is 10.2 Å². The molecule has 0 fully saturated rings. The topological polar surface area (TPSA) is 52.7 Å². The van der Waals surface area contributed by atoms with Crippen LogP contribution in [0, 0.1) is 0 Å². The highest BCUT2D eigenvalue weighted by Crippen LogP contribution is 2.45. The zero-order valence-electron chi connectivity index (χ0n) is 18.0. The number of carbonyl (C=O) groups excluding carboxylic acids is 2. The normalized spacial score (nSPS) is 18.8. The predicted molar refractivity (Wildman–Crippen MR) is 117 cm³/mol. The van der Waals surface area contributed by atoms with Gasteiger partial charge in [0.05, 0.1) is 5.41 Å². The van der Waals surface area contributed by atoms with Crippen molar-refractivity contribution in [3.63, 3.8) is 0 Å². The second-order valence-corrected chi connectivity index (χ2v) is 8.97. The number of amides is 2. The van der Waals surface area contributed by atoms with Crippen LogP contribution in [0.25, 0.3) is 0 Å². The molecule has 0 bridgehead atoms. The van der Waals surface area contributed by atoms with Gasteiger partial charge in [-0.05, 0) is 51.6 Å². The van der Waals surface area contributed by atoms with Crippen molar-refractivity contribution in [2.24, 2.45) is 0 Å². The third-order valence-corrected chi connectivity index (χ3v) is 5.50. The predicted octanol–water partition coefficient (Wildman–Crippen LogP) is 2.99. The summed E-state index contributed by atoms with van der Waals surface area (Å²) in [6.45, 7) is 4.73. The number of carbonyl (C=O) groups is 2. The summed E-state index contributed by atoms with van der Waals surface area (Å²) in [7, 11) is 5.76. The molecule has 1 N–H and O–H groups in total. The van der Waals surface area contributed by atoms with Gasteiger partial charge in [-0.1, -0.05) is 48.5 Å². The monoisotopic (exact) mass is 393 g/mol. The number of anilines is 1. The molecule has 0 spiro atoms. The molecule has 2 amide bonds. The molecule has 5 nitrogen and oxygen atoms in total. The summed E-state index contributed by atoms with van der Waals surface area (Å²) in [6.07, 6.45) is 0.620. The molecular formula is C24H31N3O2. The lowest BCUT2D eigenvalue weighted by Gasteiger charge is -2.33. The van der Waals surface area contributed by atoms with Crippen molar-refractivity contribution in [1.29, 1.82) is 0 Å². The van der Waals surface area contributed by atoms with Crippen molar-refractivity contribution in [3.8, 4) is 0 Å². The van der Waals surface area contributed by atoms with Gasteiger partial charge in [0.2, 0.25) is 11.8 Å². The minimum absolute atomic E-state index is 0.0249. The Morgan fingerprint density at radius 2 is 1.69 bits per heavy atom. The van der Waals surface area contributed by atoms with Crippen LogP contribution in [0.4, 0.5) is 5.69 Å². The summed E-state index contributed by atoms with van der Waals surface area (Å²) >= 11 is 0. The van der Waals surface area contributed by atoms with Gasteiger partial charge in [-0.3, -0.25) is 9.59 Å². The number of likely N-dealkylation sites (N-methyl/N-ethyl adjacent to an activating group) is 2. The molecule has 1 aliphatic heterocycles. The summed E-state index contributed by atoms with van der Waals surface area (Å²) in [4.78, 5) is 30.4. The average Bonchev–Trinajstić information content (AvgIpc) is 2.83. The van der Waals surface area contributed by atoms with E-state index in [0.717, 1.165) is 23.4 Å². The Kier molecular flexibility index (Phi) is 5.80. The number of rotatable bonds is 7. The number of fused-ring (bicyclic) bond motifs is 1. The minimum atomic E-state index is -0.898. The number of benzene rings is 2. The largest absolute Gasteiger partial charge is 0.350 e. The second-order valence-electron chi connectivity index (χ2n) is 8.97. The first-order chi connectivity index (χ1) is 13.6. The summed E-state index contributed by atoms with van der Waals surface area (Å²) in [5.41, 5.74) is 1.57. The van der Waals surface area contributed by atoms with Crippen LogP contribution in [0.15, 0.2) is 54.6 Å². The molecule has 3 rings (SSSR count). The first-order valence-corrected chi connectivity index (χ1v) is 10.0. The highest BCUT2D eigenvalue weighted by atomic mass is 16.2. The lowest BCUT2D eigenvalue weighted by Crippen LogP contribution is -2.52. The number of hydrogen-bond acceptors (Lipinski definition) is 3. The number of nitrogens with zero attached hydrogens (tertiary/aromatic N) is 2. The van der Waals surface area contributed by atoms with E-state index in [1.54, 1.807) is 11.9 Å². The average molecular weight is 394 g/mol. The molecule has 29 heavy (non-hydrogen) atoms. The molecular weight excluding hydrogens is 362 g/mol. The van der Waals surface area contributed by atoms with E-state index in [-0.39, 0.29) is 23.8 Å². The van der Waals surface area contributed by atoms with E-state index in [4.69, 9.17) is 0 Å². The number of hydrogen-bond donors (Lipinski definition) is 1. The third-order valence-electron chi connectivity index (χ3n) is 5.50. The van der Waals surface area contributed by atoms with Gasteiger partial charge in [-0.15, -0.1) is 0 Å². The van der Waals surface area contributed by atoms with Crippen molar-refractivity contribution in [2.75, 3.05) is 32.6 Å². The first kappa shape index (κ1) is 21.1. The van der Waals surface area contributed by atoms with E-state index < -0.39 is 5.41 Å². The molecule has 0 unspecified atom stereocenters. The highest BCUT2D eigenvalue weighted by Gasteiger charge is 2.51. The van der Waals surface area contributed by atoms with Crippen LogP contribution in [-0.2, 0) is 21.4 Å². The number of para-hydroxylation sites is 1. The van der Waals surface area contributed by atoms with E-state index in [1.807, 2.05) is 87.4 Å². The van der Waals surface area contributed by atoms with Crippen molar-refractivity contribution in [3.05, 3.63) is 65.7 Å². The van der Waals surface area contributed by atoms with Crippen LogP contribution in [0.5, 0.6) is 0 Å². The summed E-state index contributed by atoms with van der Waals surface area (Å²) in [5.74, 6) is -0.130. The molecule has 1 aliphatic rings. The third kappa shape index (κ3) is 4.35. The Hall–Kier alpha value is -2.66. The first-order valence-electron chi connectivity index (χ1n) is 10.0. The van der Waals surface area contributed by atoms with Crippen molar-refractivity contribution < 1.29 is 9.59 Å². The lowest BCUT2D eigenvalue weighted by molar-refractivity contribution is -0.130. The maximum atomic E-state index is 13.5. The van der Waals surface area contributed by atoms with Crippen molar-refractivity contribution >= 4 is 17.5 Å². The standard InChI is InChI=1S/C24H31N3O2/c1-23(2,17-26(3)4)25-21(28)16-24(15-18-11-7-6-8-12-18)19-13-9-10-14-20(19)27(5)22(24)29/h6-14H,15-17H2,1-5H3,(H,25,28)/t24-/m1/s1. The molecule has 1 atom stereocenters. The summed E-state index contributed by atoms with van der Waals surface area (Å²) in [6, 6.07) is 17.7. The van der Waals surface area contributed by atoms with Crippen LogP contribution in [0.2, 0.25) is 0 Å². The van der Waals surface area contributed by atoms with Gasteiger partial charge in [-0.25, -0.2) is 0 Å². The van der Waals surface area contributed by atoms with Gasteiger partial charge in [0, 0.05) is 31.2 Å².